The summed E-state index contributed by atoms with van der Waals surface area (Å²) < 4.78 is 5.16. The summed E-state index contributed by atoms with van der Waals surface area (Å²) in [7, 11) is 0. The number of benzene rings is 1. The lowest BCUT2D eigenvalue weighted by molar-refractivity contribution is -0.383. The third kappa shape index (κ3) is 3.94. The fourth-order valence-corrected chi connectivity index (χ4v) is 2.18. The molecule has 0 spiro atoms. The van der Waals surface area contributed by atoms with E-state index in [2.05, 4.69) is 10.3 Å². The lowest BCUT2D eigenvalue weighted by Gasteiger charge is -2.16. The van der Waals surface area contributed by atoms with Gasteiger partial charge < -0.3 is 10.1 Å². The van der Waals surface area contributed by atoms with Crippen molar-refractivity contribution < 1.29 is 14.5 Å². The smallest absolute Gasteiger partial charge is 0.310 e. The zero-order valence-electron chi connectivity index (χ0n) is 13.3. The summed E-state index contributed by atoms with van der Waals surface area (Å²) in [5.41, 5.74) is 0.725. The number of hydrogen-bond acceptors (Lipinski definition) is 6. The van der Waals surface area contributed by atoms with E-state index in [0.29, 0.717) is 17.3 Å². The van der Waals surface area contributed by atoms with Gasteiger partial charge in [0.25, 0.3) is 5.69 Å². The van der Waals surface area contributed by atoms with Crippen molar-refractivity contribution in [2.75, 3.05) is 11.9 Å². The monoisotopic (exact) mass is 317 g/mol. The second kappa shape index (κ2) is 7.04. The van der Waals surface area contributed by atoms with Crippen molar-refractivity contribution in [3.8, 4) is 0 Å². The Balaban J connectivity index is 2.20. The highest BCUT2D eigenvalue weighted by Gasteiger charge is 2.18. The van der Waals surface area contributed by atoms with Crippen molar-refractivity contribution >= 4 is 28.1 Å². The largest absolute Gasteiger partial charge is 0.463 e. The molecule has 2 aromatic rings. The van der Waals surface area contributed by atoms with Crippen LogP contribution in [-0.4, -0.2) is 28.5 Å². The van der Waals surface area contributed by atoms with Gasteiger partial charge >= 0.3 is 5.97 Å². The van der Waals surface area contributed by atoms with Crippen LogP contribution >= 0.6 is 0 Å². The molecule has 1 aromatic carbocycles. The number of carbonyl (C=O) groups is 1. The SMILES string of the molecule is CC(C)OC(=O)C(C)CNc1ccc([N+](=O)[O-])c2cnccc12. The maximum Gasteiger partial charge on any atom is 0.310 e. The number of nitro groups is 1. The van der Waals surface area contributed by atoms with Crippen LogP contribution in [-0.2, 0) is 9.53 Å². The molecule has 7 nitrogen and oxygen atoms in total. The maximum absolute atomic E-state index is 11.8. The van der Waals surface area contributed by atoms with Gasteiger partial charge in [0, 0.05) is 36.1 Å². The molecule has 0 amide bonds. The lowest BCUT2D eigenvalue weighted by atomic mass is 10.1. The first-order valence-corrected chi connectivity index (χ1v) is 7.35. The summed E-state index contributed by atoms with van der Waals surface area (Å²) in [6.07, 6.45) is 2.89. The fourth-order valence-electron chi connectivity index (χ4n) is 2.18. The van der Waals surface area contributed by atoms with E-state index in [0.717, 1.165) is 5.69 Å². The average Bonchev–Trinajstić information content (AvgIpc) is 2.51. The molecule has 23 heavy (non-hydrogen) atoms. The van der Waals surface area contributed by atoms with E-state index in [1.165, 1.54) is 12.3 Å². The van der Waals surface area contributed by atoms with Crippen molar-refractivity contribution in [1.82, 2.24) is 4.98 Å². The van der Waals surface area contributed by atoms with Crippen LogP contribution in [0.5, 0.6) is 0 Å². The first-order valence-electron chi connectivity index (χ1n) is 7.35. The van der Waals surface area contributed by atoms with Gasteiger partial charge in [0.1, 0.15) is 0 Å². The number of aromatic nitrogens is 1. The standard InChI is InChI=1S/C16H19N3O4/c1-10(2)23-16(20)11(3)8-18-14-4-5-15(19(21)22)13-9-17-7-6-12(13)14/h4-7,9-11,18H,8H2,1-3H3. The summed E-state index contributed by atoms with van der Waals surface area (Å²) in [5, 5.41) is 15.4. The van der Waals surface area contributed by atoms with E-state index in [4.69, 9.17) is 4.74 Å². The molecule has 0 bridgehead atoms. The number of nitrogens with zero attached hydrogens (tertiary/aromatic N) is 2. The first kappa shape index (κ1) is 16.7. The summed E-state index contributed by atoms with van der Waals surface area (Å²) >= 11 is 0. The van der Waals surface area contributed by atoms with Gasteiger partial charge in [-0.1, -0.05) is 6.92 Å². The number of fused-ring (bicyclic) bond motifs is 1. The Hall–Kier alpha value is -2.70. The number of non-ortho nitro benzene ring substituents is 1. The van der Waals surface area contributed by atoms with E-state index in [9.17, 15) is 14.9 Å². The van der Waals surface area contributed by atoms with Gasteiger partial charge in [-0.3, -0.25) is 19.9 Å². The highest BCUT2D eigenvalue weighted by molar-refractivity contribution is 5.99. The molecule has 0 radical (unpaired) electrons. The number of nitro benzene ring substituents is 1. The number of pyridine rings is 1. The molecule has 7 heteroatoms. The molecule has 1 N–H and O–H groups in total. The minimum atomic E-state index is -0.434. The van der Waals surface area contributed by atoms with Gasteiger partial charge in [0.2, 0.25) is 0 Å². The van der Waals surface area contributed by atoms with E-state index >= 15 is 0 Å². The molecule has 1 unspecified atom stereocenters. The van der Waals surface area contributed by atoms with Crippen LogP contribution in [0.4, 0.5) is 11.4 Å². The van der Waals surface area contributed by atoms with Gasteiger partial charge in [-0.25, -0.2) is 0 Å². The predicted molar refractivity (Wildman–Crippen MR) is 87.3 cm³/mol. The molecule has 0 fully saturated rings. The highest BCUT2D eigenvalue weighted by Crippen LogP contribution is 2.30. The minimum Gasteiger partial charge on any atom is -0.463 e. The number of carbonyl (C=O) groups excluding carboxylic acids is 1. The molecule has 2 rings (SSSR count). The number of esters is 1. The molecule has 0 aliphatic rings. The Morgan fingerprint density at radius 2 is 2.04 bits per heavy atom. The molecule has 0 aliphatic heterocycles. The molecule has 0 aliphatic carbocycles. The number of hydrogen-bond donors (Lipinski definition) is 1. The molecular weight excluding hydrogens is 298 g/mol. The second-order valence-corrected chi connectivity index (χ2v) is 5.58. The van der Waals surface area contributed by atoms with Crippen LogP contribution in [0.25, 0.3) is 10.8 Å². The number of anilines is 1. The van der Waals surface area contributed by atoms with Crippen LogP contribution in [0.15, 0.2) is 30.6 Å². The van der Waals surface area contributed by atoms with Gasteiger partial charge in [0.15, 0.2) is 0 Å². The summed E-state index contributed by atoms with van der Waals surface area (Å²) in [4.78, 5) is 26.4. The van der Waals surface area contributed by atoms with Gasteiger partial charge in [0.05, 0.1) is 22.3 Å². The molecular formula is C16H19N3O4. The zero-order valence-corrected chi connectivity index (χ0v) is 13.3. The molecule has 122 valence electrons. The van der Waals surface area contributed by atoms with Crippen LogP contribution in [0, 0.1) is 16.0 Å². The Kier molecular flexibility index (Phi) is 5.10. The number of ether oxygens (including phenoxy) is 1. The van der Waals surface area contributed by atoms with Gasteiger partial charge in [-0.2, -0.15) is 0 Å². The van der Waals surface area contributed by atoms with Gasteiger partial charge in [-0.15, -0.1) is 0 Å². The van der Waals surface area contributed by atoms with E-state index in [1.807, 2.05) is 0 Å². The minimum absolute atomic E-state index is 0.00548. The normalized spacial score (nSPS) is 12.2. The Labute approximate surface area is 133 Å². The molecule has 1 atom stereocenters. The van der Waals surface area contributed by atoms with Crippen molar-refractivity contribution in [1.29, 1.82) is 0 Å². The summed E-state index contributed by atoms with van der Waals surface area (Å²) in [5.74, 6) is -0.607. The maximum atomic E-state index is 11.8. The highest BCUT2D eigenvalue weighted by atomic mass is 16.6. The molecule has 0 saturated carbocycles. The van der Waals surface area contributed by atoms with Gasteiger partial charge in [-0.05, 0) is 26.0 Å². The third-order valence-electron chi connectivity index (χ3n) is 3.34. The third-order valence-corrected chi connectivity index (χ3v) is 3.34. The topological polar surface area (TPSA) is 94.4 Å². The van der Waals surface area contributed by atoms with Crippen LogP contribution in [0.2, 0.25) is 0 Å². The molecule has 0 saturated heterocycles. The van der Waals surface area contributed by atoms with Crippen molar-refractivity contribution in [2.24, 2.45) is 5.92 Å². The predicted octanol–water partition coefficient (Wildman–Crippen LogP) is 3.14. The second-order valence-electron chi connectivity index (χ2n) is 5.58. The Morgan fingerprint density at radius 1 is 1.30 bits per heavy atom. The van der Waals surface area contributed by atoms with E-state index in [1.54, 1.807) is 39.1 Å². The van der Waals surface area contributed by atoms with E-state index < -0.39 is 4.92 Å². The van der Waals surface area contributed by atoms with Crippen molar-refractivity contribution in [2.45, 2.75) is 26.9 Å². The van der Waals surface area contributed by atoms with Crippen molar-refractivity contribution in [3.05, 3.63) is 40.7 Å². The number of nitrogens with one attached hydrogen (secondary N) is 1. The Morgan fingerprint density at radius 3 is 2.70 bits per heavy atom. The fraction of sp³-hybridized carbons (Fsp3) is 0.375. The summed E-state index contributed by atoms with van der Waals surface area (Å²) in [6.45, 7) is 5.75. The van der Waals surface area contributed by atoms with Crippen LogP contribution in [0.1, 0.15) is 20.8 Å². The Bertz CT molecular complexity index is 730. The van der Waals surface area contributed by atoms with Crippen LogP contribution < -0.4 is 5.32 Å². The van der Waals surface area contributed by atoms with E-state index in [-0.39, 0.29) is 23.7 Å². The number of rotatable bonds is 6. The van der Waals surface area contributed by atoms with Crippen molar-refractivity contribution in [3.63, 3.8) is 0 Å². The average molecular weight is 317 g/mol. The summed E-state index contributed by atoms with van der Waals surface area (Å²) in [6, 6.07) is 4.78. The lowest BCUT2D eigenvalue weighted by Crippen LogP contribution is -2.25. The first-order chi connectivity index (χ1) is 10.9. The quantitative estimate of drug-likeness (QED) is 0.499. The molecule has 1 aromatic heterocycles. The zero-order chi connectivity index (χ0) is 17.0. The molecule has 1 heterocycles. The van der Waals surface area contributed by atoms with Crippen LogP contribution in [0.3, 0.4) is 0 Å².